The first-order valence-electron chi connectivity index (χ1n) is 7.09. The predicted molar refractivity (Wildman–Crippen MR) is 83.0 cm³/mol. The lowest BCUT2D eigenvalue weighted by molar-refractivity contribution is 0.269. The third-order valence-electron chi connectivity index (χ3n) is 4.11. The summed E-state index contributed by atoms with van der Waals surface area (Å²) in [6.45, 7) is 2.22. The van der Waals surface area contributed by atoms with Crippen LogP contribution < -0.4 is 5.32 Å². The molecule has 1 aromatic carbocycles. The minimum Gasteiger partial charge on any atom is -0.364 e. The van der Waals surface area contributed by atoms with Crippen LogP contribution in [0.3, 0.4) is 0 Å². The molecule has 0 saturated heterocycles. The van der Waals surface area contributed by atoms with Gasteiger partial charge >= 0.3 is 0 Å². The molecule has 0 radical (unpaired) electrons. The van der Waals surface area contributed by atoms with E-state index in [1.807, 2.05) is 36.4 Å². The lowest BCUT2D eigenvalue weighted by Crippen LogP contribution is -2.44. The van der Waals surface area contributed by atoms with Crippen LogP contribution in [0.2, 0.25) is 5.15 Å². The van der Waals surface area contributed by atoms with Gasteiger partial charge in [-0.3, -0.25) is 0 Å². The van der Waals surface area contributed by atoms with Gasteiger partial charge in [-0.25, -0.2) is 9.97 Å². The first kappa shape index (κ1) is 13.4. The minimum atomic E-state index is 0.200. The van der Waals surface area contributed by atoms with Crippen molar-refractivity contribution in [2.45, 2.75) is 38.1 Å². The Morgan fingerprint density at radius 1 is 1.20 bits per heavy atom. The van der Waals surface area contributed by atoms with Crippen molar-refractivity contribution in [1.82, 2.24) is 9.97 Å². The van der Waals surface area contributed by atoms with E-state index in [2.05, 4.69) is 22.2 Å². The molecule has 20 heavy (non-hydrogen) atoms. The third kappa shape index (κ3) is 2.63. The molecule has 4 heteroatoms. The minimum absolute atomic E-state index is 0.200. The van der Waals surface area contributed by atoms with Crippen LogP contribution in [0.15, 0.2) is 36.4 Å². The molecule has 0 aliphatic heterocycles. The Hall–Kier alpha value is -1.61. The summed E-state index contributed by atoms with van der Waals surface area (Å²) in [6.07, 6.45) is 4.79. The second-order valence-electron chi connectivity index (χ2n) is 5.38. The third-order valence-corrected chi connectivity index (χ3v) is 4.30. The highest BCUT2D eigenvalue weighted by Crippen LogP contribution is 2.38. The Balaban J connectivity index is 1.91. The van der Waals surface area contributed by atoms with Crippen LogP contribution in [0, 0.1) is 0 Å². The molecule has 0 atom stereocenters. The highest BCUT2D eigenvalue weighted by atomic mass is 35.5. The van der Waals surface area contributed by atoms with Crippen molar-refractivity contribution in [3.63, 3.8) is 0 Å². The van der Waals surface area contributed by atoms with E-state index in [4.69, 9.17) is 11.6 Å². The van der Waals surface area contributed by atoms with Crippen molar-refractivity contribution >= 4 is 17.4 Å². The van der Waals surface area contributed by atoms with Gasteiger partial charge in [0.2, 0.25) is 0 Å². The number of hydrogen-bond acceptors (Lipinski definition) is 3. The van der Waals surface area contributed by atoms with E-state index < -0.39 is 0 Å². The zero-order valence-corrected chi connectivity index (χ0v) is 12.3. The van der Waals surface area contributed by atoms with Gasteiger partial charge in [0.25, 0.3) is 0 Å². The van der Waals surface area contributed by atoms with E-state index in [0.29, 0.717) is 11.0 Å². The van der Waals surface area contributed by atoms with Crippen molar-refractivity contribution in [3.05, 3.63) is 41.6 Å². The van der Waals surface area contributed by atoms with E-state index in [0.717, 1.165) is 17.8 Å². The predicted octanol–water partition coefficient (Wildman–Crippen LogP) is 4.54. The summed E-state index contributed by atoms with van der Waals surface area (Å²) < 4.78 is 0. The van der Waals surface area contributed by atoms with Gasteiger partial charge in [-0.05, 0) is 25.7 Å². The summed E-state index contributed by atoms with van der Waals surface area (Å²) in [5.41, 5.74) is 1.18. The van der Waals surface area contributed by atoms with E-state index in [9.17, 15) is 0 Å². The van der Waals surface area contributed by atoms with Crippen LogP contribution in [0.4, 0.5) is 5.82 Å². The largest absolute Gasteiger partial charge is 0.364 e. The van der Waals surface area contributed by atoms with Gasteiger partial charge in [-0.15, -0.1) is 0 Å². The number of rotatable bonds is 4. The van der Waals surface area contributed by atoms with Gasteiger partial charge in [0.05, 0.1) is 0 Å². The molecule has 3 nitrogen and oxygen atoms in total. The zero-order chi connectivity index (χ0) is 14.0. The summed E-state index contributed by atoms with van der Waals surface area (Å²) in [7, 11) is 0. The molecule has 104 valence electrons. The summed E-state index contributed by atoms with van der Waals surface area (Å²) >= 11 is 6.14. The maximum absolute atomic E-state index is 6.14. The van der Waals surface area contributed by atoms with Crippen molar-refractivity contribution in [1.29, 1.82) is 0 Å². The number of anilines is 1. The average Bonchev–Trinajstić information content (AvgIpc) is 2.43. The molecule has 1 aliphatic rings. The molecule has 3 rings (SSSR count). The molecule has 1 fully saturated rings. The molecule has 1 aliphatic carbocycles. The van der Waals surface area contributed by atoms with Crippen LogP contribution in [-0.4, -0.2) is 15.5 Å². The fourth-order valence-corrected chi connectivity index (χ4v) is 2.82. The maximum atomic E-state index is 6.14. The Morgan fingerprint density at radius 3 is 2.55 bits per heavy atom. The normalized spacial score (nSPS) is 16.5. The summed E-state index contributed by atoms with van der Waals surface area (Å²) in [5, 5.41) is 4.04. The average molecular weight is 288 g/mol. The monoisotopic (exact) mass is 287 g/mol. The van der Waals surface area contributed by atoms with Gasteiger partial charge in [0, 0.05) is 17.2 Å². The van der Waals surface area contributed by atoms with Crippen molar-refractivity contribution in [2.75, 3.05) is 5.32 Å². The Kier molecular flexibility index (Phi) is 3.62. The number of hydrogen-bond donors (Lipinski definition) is 1. The molecular formula is C16H18ClN3. The van der Waals surface area contributed by atoms with Gasteiger partial charge in [0.15, 0.2) is 5.82 Å². The SMILES string of the molecule is CCC1(Nc2cc(Cl)nc(-c3ccccc3)n2)CCC1. The standard InChI is InChI=1S/C16H18ClN3/c1-2-16(9-6-10-16)20-14-11-13(17)18-15(19-14)12-7-4-3-5-8-12/h3-5,7-8,11H,2,6,9-10H2,1H3,(H,18,19,20). The molecule has 1 N–H and O–H groups in total. The van der Waals surface area contributed by atoms with Gasteiger partial charge < -0.3 is 5.32 Å². The molecule has 1 heterocycles. The number of aromatic nitrogens is 2. The highest BCUT2D eigenvalue weighted by molar-refractivity contribution is 6.29. The van der Waals surface area contributed by atoms with Crippen LogP contribution in [0.5, 0.6) is 0 Å². The number of benzene rings is 1. The van der Waals surface area contributed by atoms with Gasteiger partial charge in [-0.2, -0.15) is 0 Å². The van der Waals surface area contributed by atoms with E-state index in [1.54, 1.807) is 0 Å². The van der Waals surface area contributed by atoms with E-state index in [1.165, 1.54) is 19.3 Å². The number of nitrogens with zero attached hydrogens (tertiary/aromatic N) is 2. The molecular weight excluding hydrogens is 270 g/mol. The fourth-order valence-electron chi connectivity index (χ4n) is 2.64. The van der Waals surface area contributed by atoms with Crippen LogP contribution in [0.25, 0.3) is 11.4 Å². The summed E-state index contributed by atoms with van der Waals surface area (Å²) in [6, 6.07) is 11.7. The molecule has 0 spiro atoms. The Morgan fingerprint density at radius 2 is 1.95 bits per heavy atom. The van der Waals surface area contributed by atoms with Crippen LogP contribution in [0.1, 0.15) is 32.6 Å². The van der Waals surface area contributed by atoms with E-state index in [-0.39, 0.29) is 5.54 Å². The zero-order valence-electron chi connectivity index (χ0n) is 11.6. The summed E-state index contributed by atoms with van der Waals surface area (Å²) in [4.78, 5) is 8.93. The van der Waals surface area contributed by atoms with E-state index >= 15 is 0 Å². The molecule has 2 aromatic rings. The number of nitrogens with one attached hydrogen (secondary N) is 1. The molecule has 0 unspecified atom stereocenters. The van der Waals surface area contributed by atoms with Crippen LogP contribution >= 0.6 is 11.6 Å². The highest BCUT2D eigenvalue weighted by Gasteiger charge is 2.35. The topological polar surface area (TPSA) is 37.8 Å². The quantitative estimate of drug-likeness (QED) is 0.839. The van der Waals surface area contributed by atoms with Crippen LogP contribution in [-0.2, 0) is 0 Å². The van der Waals surface area contributed by atoms with Gasteiger partial charge in [0.1, 0.15) is 11.0 Å². The molecule has 1 saturated carbocycles. The smallest absolute Gasteiger partial charge is 0.163 e. The second-order valence-corrected chi connectivity index (χ2v) is 5.77. The lowest BCUT2D eigenvalue weighted by atomic mass is 9.75. The summed E-state index contributed by atoms with van der Waals surface area (Å²) in [5.74, 6) is 1.50. The lowest BCUT2D eigenvalue weighted by Gasteiger charge is -2.42. The molecule has 0 amide bonds. The fraction of sp³-hybridized carbons (Fsp3) is 0.375. The molecule has 1 aromatic heterocycles. The van der Waals surface area contributed by atoms with Crippen molar-refractivity contribution in [2.24, 2.45) is 0 Å². The first-order valence-corrected chi connectivity index (χ1v) is 7.47. The molecule has 0 bridgehead atoms. The Bertz CT molecular complexity index is 588. The number of halogens is 1. The van der Waals surface area contributed by atoms with Crippen molar-refractivity contribution in [3.8, 4) is 11.4 Å². The van der Waals surface area contributed by atoms with Crippen molar-refractivity contribution < 1.29 is 0 Å². The Labute approximate surface area is 124 Å². The second kappa shape index (κ2) is 5.41. The first-order chi connectivity index (χ1) is 9.71. The van der Waals surface area contributed by atoms with Gasteiger partial charge in [-0.1, -0.05) is 48.9 Å². The maximum Gasteiger partial charge on any atom is 0.163 e.